The van der Waals surface area contributed by atoms with E-state index in [4.69, 9.17) is 9.47 Å². The second-order valence-electron chi connectivity index (χ2n) is 6.97. The molecule has 0 spiro atoms. The summed E-state index contributed by atoms with van der Waals surface area (Å²) in [6.45, 7) is 11.3. The van der Waals surface area contributed by atoms with Gasteiger partial charge in [0.15, 0.2) is 0 Å². The molecule has 3 aliphatic rings. The summed E-state index contributed by atoms with van der Waals surface area (Å²) in [5, 5.41) is 0. The zero-order valence-corrected chi connectivity index (χ0v) is 13.7. The van der Waals surface area contributed by atoms with Crippen molar-refractivity contribution < 1.29 is 19.1 Å². The fourth-order valence-electron chi connectivity index (χ4n) is 3.69. The quantitative estimate of drug-likeness (QED) is 0.557. The minimum atomic E-state index is -0.337. The lowest BCUT2D eigenvalue weighted by Crippen LogP contribution is -2.47. The molecule has 1 atom stereocenters. The maximum Gasteiger partial charge on any atom is 0.333 e. The summed E-state index contributed by atoms with van der Waals surface area (Å²) in [6.07, 6.45) is 5.48. The Bertz CT molecular complexity index is 483. The summed E-state index contributed by atoms with van der Waals surface area (Å²) in [5.74, 6) is 0.309. The van der Waals surface area contributed by atoms with Gasteiger partial charge in [-0.1, -0.05) is 13.2 Å². The number of ether oxygens (including phenoxy) is 2. The molecule has 0 aliphatic heterocycles. The first-order valence-electron chi connectivity index (χ1n) is 7.99. The number of fused-ring (bicyclic) bond motifs is 3. The van der Waals surface area contributed by atoms with E-state index in [2.05, 4.69) is 13.2 Å². The maximum absolute atomic E-state index is 11.7. The van der Waals surface area contributed by atoms with Crippen molar-refractivity contribution in [3.05, 3.63) is 24.3 Å². The highest BCUT2D eigenvalue weighted by Crippen LogP contribution is 2.54. The highest BCUT2D eigenvalue weighted by molar-refractivity contribution is 5.87. The number of rotatable bonds is 6. The van der Waals surface area contributed by atoms with Crippen molar-refractivity contribution in [2.45, 2.75) is 46.0 Å². The summed E-state index contributed by atoms with van der Waals surface area (Å²) in [6, 6.07) is 0. The van der Waals surface area contributed by atoms with Crippen LogP contribution in [-0.2, 0) is 19.1 Å². The van der Waals surface area contributed by atoms with Crippen molar-refractivity contribution in [1.29, 1.82) is 0 Å². The van der Waals surface area contributed by atoms with Crippen LogP contribution in [0.5, 0.6) is 0 Å². The molecule has 2 bridgehead atoms. The van der Waals surface area contributed by atoms with Crippen molar-refractivity contribution in [1.82, 2.24) is 0 Å². The number of esters is 2. The Morgan fingerprint density at radius 1 is 1.05 bits per heavy atom. The van der Waals surface area contributed by atoms with Crippen LogP contribution in [-0.4, -0.2) is 25.2 Å². The smallest absolute Gasteiger partial charge is 0.333 e. The fourth-order valence-corrected chi connectivity index (χ4v) is 3.69. The third-order valence-corrected chi connectivity index (χ3v) is 5.19. The van der Waals surface area contributed by atoms with Crippen LogP contribution in [0.2, 0.25) is 0 Å². The Balaban J connectivity index is 2.00. The Morgan fingerprint density at radius 2 is 1.59 bits per heavy atom. The van der Waals surface area contributed by atoms with Crippen LogP contribution in [0.3, 0.4) is 0 Å². The number of carbonyl (C=O) groups is 2. The van der Waals surface area contributed by atoms with Crippen molar-refractivity contribution in [2.75, 3.05) is 13.2 Å². The van der Waals surface area contributed by atoms with Crippen LogP contribution in [0, 0.1) is 17.3 Å². The summed E-state index contributed by atoms with van der Waals surface area (Å²) >= 11 is 0. The summed E-state index contributed by atoms with van der Waals surface area (Å²) in [5.41, 5.74) is 0.796. The van der Waals surface area contributed by atoms with E-state index in [0.717, 1.165) is 19.3 Å². The lowest BCUT2D eigenvalue weighted by atomic mass is 9.55. The molecule has 22 heavy (non-hydrogen) atoms. The molecule has 0 N–H and O–H groups in total. The Kier molecular flexibility index (Phi) is 5.09. The molecule has 0 heterocycles. The third-order valence-electron chi connectivity index (χ3n) is 5.19. The average Bonchev–Trinajstić information content (AvgIpc) is 2.51. The molecule has 0 aromatic carbocycles. The van der Waals surface area contributed by atoms with E-state index in [1.807, 2.05) is 0 Å². The maximum atomic E-state index is 11.7. The normalized spacial score (nSPS) is 29.7. The van der Waals surface area contributed by atoms with Gasteiger partial charge in [-0.25, -0.2) is 9.59 Å². The van der Waals surface area contributed by atoms with Gasteiger partial charge in [0.2, 0.25) is 0 Å². The van der Waals surface area contributed by atoms with Gasteiger partial charge in [0.05, 0.1) is 13.2 Å². The molecule has 0 aromatic heterocycles. The Morgan fingerprint density at radius 3 is 2.14 bits per heavy atom. The lowest BCUT2D eigenvalue weighted by Gasteiger charge is -2.51. The van der Waals surface area contributed by atoms with Crippen LogP contribution >= 0.6 is 0 Å². The van der Waals surface area contributed by atoms with Crippen molar-refractivity contribution in [2.24, 2.45) is 17.3 Å². The lowest BCUT2D eigenvalue weighted by molar-refractivity contribution is -0.156. The van der Waals surface area contributed by atoms with Gasteiger partial charge in [-0.15, -0.1) is 0 Å². The number of carbonyl (C=O) groups excluding carboxylic acids is 2. The Labute approximate surface area is 132 Å². The van der Waals surface area contributed by atoms with E-state index < -0.39 is 0 Å². The molecule has 3 saturated carbocycles. The predicted molar refractivity (Wildman–Crippen MR) is 84.0 cm³/mol. The molecule has 3 fully saturated rings. The highest BCUT2D eigenvalue weighted by Gasteiger charge is 2.49. The van der Waals surface area contributed by atoms with Gasteiger partial charge in [0.1, 0.15) is 0 Å². The second-order valence-corrected chi connectivity index (χ2v) is 6.97. The zero-order chi connectivity index (χ0) is 16.3. The largest absolute Gasteiger partial charge is 0.462 e. The summed E-state index contributed by atoms with van der Waals surface area (Å²) < 4.78 is 10.8. The van der Waals surface area contributed by atoms with Crippen LogP contribution in [0.1, 0.15) is 46.0 Å². The van der Waals surface area contributed by atoms with Gasteiger partial charge in [-0.2, -0.15) is 0 Å². The van der Waals surface area contributed by atoms with Crippen molar-refractivity contribution >= 4 is 11.9 Å². The molecule has 0 aromatic rings. The molecule has 3 rings (SSSR count). The fraction of sp³-hybridized carbons (Fsp3) is 0.667. The number of hydrogen-bond acceptors (Lipinski definition) is 4. The second kappa shape index (κ2) is 6.67. The van der Waals surface area contributed by atoms with Gasteiger partial charge in [-0.05, 0) is 51.9 Å². The van der Waals surface area contributed by atoms with Crippen LogP contribution in [0.4, 0.5) is 0 Å². The molecule has 0 radical (unpaired) electrons. The van der Waals surface area contributed by atoms with E-state index in [9.17, 15) is 9.59 Å². The zero-order valence-electron chi connectivity index (χ0n) is 13.7. The van der Waals surface area contributed by atoms with E-state index in [1.54, 1.807) is 13.8 Å². The average molecular weight is 306 g/mol. The molecule has 4 heteroatoms. The topological polar surface area (TPSA) is 52.6 Å². The van der Waals surface area contributed by atoms with Gasteiger partial charge in [0.25, 0.3) is 0 Å². The van der Waals surface area contributed by atoms with Gasteiger partial charge >= 0.3 is 11.9 Å². The predicted octanol–water partition coefficient (Wildman–Crippen LogP) is 3.42. The van der Waals surface area contributed by atoms with Gasteiger partial charge in [-0.3, -0.25) is 0 Å². The highest BCUT2D eigenvalue weighted by atomic mass is 16.5. The van der Waals surface area contributed by atoms with E-state index in [-0.39, 0.29) is 23.3 Å². The molecular formula is C18H26O4. The van der Waals surface area contributed by atoms with E-state index in [0.29, 0.717) is 30.3 Å². The van der Waals surface area contributed by atoms with E-state index >= 15 is 0 Å². The molecule has 1 unspecified atom stereocenters. The molecular weight excluding hydrogens is 280 g/mol. The van der Waals surface area contributed by atoms with Crippen molar-refractivity contribution in [3.8, 4) is 0 Å². The van der Waals surface area contributed by atoms with Gasteiger partial charge in [0, 0.05) is 22.5 Å². The SMILES string of the molecule is C=C(C)C(=O)OCC1CC2CCC1(COC(=O)C(=C)C)CC2. The van der Waals surface area contributed by atoms with E-state index in [1.165, 1.54) is 12.8 Å². The van der Waals surface area contributed by atoms with Crippen molar-refractivity contribution in [3.63, 3.8) is 0 Å². The van der Waals surface area contributed by atoms with Crippen LogP contribution in [0.25, 0.3) is 0 Å². The Hall–Kier alpha value is -1.58. The van der Waals surface area contributed by atoms with Gasteiger partial charge < -0.3 is 9.47 Å². The number of hydrogen-bond donors (Lipinski definition) is 0. The first-order chi connectivity index (χ1) is 10.3. The molecule has 122 valence electrons. The molecule has 3 aliphatic carbocycles. The monoisotopic (exact) mass is 306 g/mol. The van der Waals surface area contributed by atoms with Crippen LogP contribution in [0.15, 0.2) is 24.3 Å². The third kappa shape index (κ3) is 3.60. The van der Waals surface area contributed by atoms with Crippen LogP contribution < -0.4 is 0 Å². The standard InChI is InChI=1S/C18H26O4/c1-12(2)16(19)21-10-15-9-14-5-7-18(15,8-6-14)11-22-17(20)13(3)4/h14-15H,1,3,5-11H2,2,4H3. The molecule has 4 nitrogen and oxygen atoms in total. The first kappa shape index (κ1) is 16.8. The first-order valence-corrected chi connectivity index (χ1v) is 7.99. The minimum Gasteiger partial charge on any atom is -0.462 e. The molecule has 0 saturated heterocycles. The molecule has 0 amide bonds. The minimum absolute atomic E-state index is 0.0464. The summed E-state index contributed by atoms with van der Waals surface area (Å²) in [4.78, 5) is 23.3. The summed E-state index contributed by atoms with van der Waals surface area (Å²) in [7, 11) is 0.